The summed E-state index contributed by atoms with van der Waals surface area (Å²) in [5.74, 6) is -0.571. The maximum Gasteiger partial charge on any atom is 0.270 e. The van der Waals surface area contributed by atoms with E-state index in [1.54, 1.807) is 20.8 Å². The first-order chi connectivity index (χ1) is 12.4. The lowest BCUT2D eigenvalue weighted by Crippen LogP contribution is -2.40. The summed E-state index contributed by atoms with van der Waals surface area (Å²) in [5, 5.41) is 13.2. The van der Waals surface area contributed by atoms with Crippen LogP contribution in [0.1, 0.15) is 31.1 Å². The van der Waals surface area contributed by atoms with E-state index in [4.69, 9.17) is 11.6 Å². The largest absolute Gasteiger partial charge is 0.322 e. The van der Waals surface area contributed by atoms with Crippen LogP contribution >= 0.6 is 11.6 Å². The standard InChI is InChI=1S/C17H18ClN3O5S/c1-17(2,3)20-27(25,26)13-7-4-11(5-8-13)19-16(22)14-9-6-12(21(23)24)10-15(14)18/h4-10,20H,1-3H3,(H,19,22). The molecule has 0 aliphatic heterocycles. The van der Waals surface area contributed by atoms with Crippen molar-refractivity contribution in [3.8, 4) is 0 Å². The Hall–Kier alpha value is -2.49. The van der Waals surface area contributed by atoms with Gasteiger partial charge in [-0.05, 0) is 51.1 Å². The van der Waals surface area contributed by atoms with E-state index in [0.717, 1.165) is 6.07 Å². The number of rotatable bonds is 5. The maximum absolute atomic E-state index is 12.3. The first kappa shape index (κ1) is 20.8. The van der Waals surface area contributed by atoms with Gasteiger partial charge >= 0.3 is 0 Å². The number of nitro groups is 1. The zero-order valence-electron chi connectivity index (χ0n) is 14.8. The molecule has 0 aliphatic rings. The molecule has 0 unspecified atom stereocenters. The molecule has 0 aliphatic carbocycles. The number of amides is 1. The summed E-state index contributed by atoms with van der Waals surface area (Å²) >= 11 is 5.93. The van der Waals surface area contributed by atoms with Gasteiger partial charge in [-0.2, -0.15) is 0 Å². The van der Waals surface area contributed by atoms with Crippen molar-refractivity contribution < 1.29 is 18.1 Å². The smallest absolute Gasteiger partial charge is 0.270 e. The molecule has 1 amide bonds. The Morgan fingerprint density at radius 1 is 1.11 bits per heavy atom. The number of nitrogens with zero attached hydrogens (tertiary/aromatic N) is 1. The molecule has 0 bridgehead atoms. The van der Waals surface area contributed by atoms with Crippen molar-refractivity contribution in [1.82, 2.24) is 4.72 Å². The fraction of sp³-hybridized carbons (Fsp3) is 0.235. The third-order valence-corrected chi connectivity index (χ3v) is 5.36. The third-order valence-electron chi connectivity index (χ3n) is 3.27. The van der Waals surface area contributed by atoms with E-state index in [-0.39, 0.29) is 21.2 Å². The van der Waals surface area contributed by atoms with Crippen LogP contribution in [0.4, 0.5) is 11.4 Å². The predicted octanol–water partition coefficient (Wildman–Crippen LogP) is 3.58. The quantitative estimate of drug-likeness (QED) is 0.575. The molecule has 27 heavy (non-hydrogen) atoms. The molecule has 2 rings (SSSR count). The number of benzene rings is 2. The molecule has 0 spiro atoms. The molecule has 8 nitrogen and oxygen atoms in total. The minimum absolute atomic E-state index is 0.0591. The topological polar surface area (TPSA) is 118 Å². The number of hydrogen-bond acceptors (Lipinski definition) is 5. The van der Waals surface area contributed by atoms with Crippen LogP contribution < -0.4 is 10.0 Å². The third kappa shape index (κ3) is 5.49. The van der Waals surface area contributed by atoms with Gasteiger partial charge in [0.2, 0.25) is 10.0 Å². The van der Waals surface area contributed by atoms with E-state index in [1.807, 2.05) is 0 Å². The Balaban J connectivity index is 2.17. The van der Waals surface area contributed by atoms with E-state index < -0.39 is 26.4 Å². The van der Waals surface area contributed by atoms with E-state index in [0.29, 0.717) is 5.69 Å². The molecule has 0 saturated heterocycles. The molecule has 0 heterocycles. The molecule has 2 aromatic rings. The molecule has 10 heteroatoms. The summed E-state index contributed by atoms with van der Waals surface area (Å²) in [6, 6.07) is 9.12. The molecule has 0 radical (unpaired) electrons. The second-order valence-electron chi connectivity index (χ2n) is 6.76. The van der Waals surface area contributed by atoms with E-state index in [9.17, 15) is 23.3 Å². The van der Waals surface area contributed by atoms with Gasteiger partial charge in [-0.25, -0.2) is 13.1 Å². The number of nitrogens with one attached hydrogen (secondary N) is 2. The Kier molecular flexibility index (Phi) is 5.88. The second-order valence-corrected chi connectivity index (χ2v) is 8.84. The number of carbonyl (C=O) groups is 1. The second kappa shape index (κ2) is 7.63. The molecular weight excluding hydrogens is 394 g/mol. The first-order valence-electron chi connectivity index (χ1n) is 7.78. The van der Waals surface area contributed by atoms with Gasteiger partial charge in [0.25, 0.3) is 11.6 Å². The van der Waals surface area contributed by atoms with E-state index >= 15 is 0 Å². The lowest BCUT2D eigenvalue weighted by molar-refractivity contribution is -0.384. The van der Waals surface area contributed by atoms with Crippen molar-refractivity contribution in [3.63, 3.8) is 0 Å². The molecule has 2 aromatic carbocycles. The highest BCUT2D eigenvalue weighted by atomic mass is 35.5. The molecular formula is C17H18ClN3O5S. The Labute approximate surface area is 161 Å². The van der Waals surface area contributed by atoms with Crippen LogP contribution in [0.5, 0.6) is 0 Å². The number of nitro benzene ring substituents is 1. The van der Waals surface area contributed by atoms with Crippen LogP contribution in [-0.2, 0) is 10.0 Å². The average molecular weight is 412 g/mol. The summed E-state index contributed by atoms with van der Waals surface area (Å²) in [6.45, 7) is 5.19. The van der Waals surface area contributed by atoms with Gasteiger partial charge in [0, 0.05) is 23.4 Å². The highest BCUT2D eigenvalue weighted by molar-refractivity contribution is 7.89. The Morgan fingerprint density at radius 3 is 2.19 bits per heavy atom. The number of carbonyl (C=O) groups excluding carboxylic acids is 1. The summed E-state index contributed by atoms with van der Waals surface area (Å²) in [5.41, 5.74) is -0.437. The molecule has 2 N–H and O–H groups in total. The van der Waals surface area contributed by atoms with Gasteiger partial charge in [0.05, 0.1) is 20.4 Å². The van der Waals surface area contributed by atoms with Gasteiger partial charge in [-0.1, -0.05) is 11.6 Å². The van der Waals surface area contributed by atoms with Crippen LogP contribution in [0.25, 0.3) is 0 Å². The minimum atomic E-state index is -3.68. The number of non-ortho nitro benzene ring substituents is 1. The summed E-state index contributed by atoms with van der Waals surface area (Å²) in [4.78, 5) is 22.5. The molecule has 0 aromatic heterocycles. The van der Waals surface area contributed by atoms with Crippen molar-refractivity contribution in [3.05, 3.63) is 63.2 Å². The van der Waals surface area contributed by atoms with Crippen LogP contribution in [0.15, 0.2) is 47.4 Å². The lowest BCUT2D eigenvalue weighted by atomic mass is 10.1. The summed E-state index contributed by atoms with van der Waals surface area (Å²) < 4.78 is 27.1. The first-order valence-corrected chi connectivity index (χ1v) is 9.64. The maximum atomic E-state index is 12.3. The molecule has 0 fully saturated rings. The minimum Gasteiger partial charge on any atom is -0.322 e. The zero-order chi connectivity index (χ0) is 20.4. The highest BCUT2D eigenvalue weighted by Gasteiger charge is 2.22. The van der Waals surface area contributed by atoms with Gasteiger partial charge in [-0.15, -0.1) is 0 Å². The molecule has 0 saturated carbocycles. The lowest BCUT2D eigenvalue weighted by Gasteiger charge is -2.20. The van der Waals surface area contributed by atoms with Gasteiger partial charge in [0.15, 0.2) is 0 Å². The van der Waals surface area contributed by atoms with Crippen molar-refractivity contribution in [2.75, 3.05) is 5.32 Å². The van der Waals surface area contributed by atoms with Crippen LogP contribution in [-0.4, -0.2) is 24.8 Å². The molecule has 144 valence electrons. The van der Waals surface area contributed by atoms with Gasteiger partial charge in [-0.3, -0.25) is 14.9 Å². The highest BCUT2D eigenvalue weighted by Crippen LogP contribution is 2.24. The van der Waals surface area contributed by atoms with Crippen LogP contribution in [0, 0.1) is 10.1 Å². The Bertz CT molecular complexity index is 983. The predicted molar refractivity (Wildman–Crippen MR) is 103 cm³/mol. The number of halogens is 1. The Morgan fingerprint density at radius 2 is 1.70 bits per heavy atom. The van der Waals surface area contributed by atoms with Crippen molar-refractivity contribution in [2.24, 2.45) is 0 Å². The summed E-state index contributed by atoms with van der Waals surface area (Å²) in [6.07, 6.45) is 0. The number of hydrogen-bond donors (Lipinski definition) is 2. The van der Waals surface area contributed by atoms with Crippen molar-refractivity contribution in [2.45, 2.75) is 31.2 Å². The van der Waals surface area contributed by atoms with Crippen molar-refractivity contribution in [1.29, 1.82) is 0 Å². The SMILES string of the molecule is CC(C)(C)NS(=O)(=O)c1ccc(NC(=O)c2ccc([N+](=O)[O-])cc2Cl)cc1. The zero-order valence-corrected chi connectivity index (χ0v) is 16.4. The average Bonchev–Trinajstić information content (AvgIpc) is 2.52. The normalized spacial score (nSPS) is 11.9. The number of anilines is 1. The fourth-order valence-electron chi connectivity index (χ4n) is 2.18. The fourth-order valence-corrected chi connectivity index (χ4v) is 3.86. The van der Waals surface area contributed by atoms with E-state index in [2.05, 4.69) is 10.0 Å². The number of sulfonamides is 1. The van der Waals surface area contributed by atoms with E-state index in [1.165, 1.54) is 36.4 Å². The molecule has 0 atom stereocenters. The summed E-state index contributed by atoms with van der Waals surface area (Å²) in [7, 11) is -3.68. The van der Waals surface area contributed by atoms with Gasteiger partial charge < -0.3 is 5.32 Å². The van der Waals surface area contributed by atoms with Gasteiger partial charge in [0.1, 0.15) is 0 Å². The van der Waals surface area contributed by atoms with Crippen LogP contribution in [0.2, 0.25) is 5.02 Å². The van der Waals surface area contributed by atoms with Crippen LogP contribution in [0.3, 0.4) is 0 Å². The monoisotopic (exact) mass is 411 g/mol. The van der Waals surface area contributed by atoms with Crippen molar-refractivity contribution >= 4 is 38.9 Å².